The van der Waals surface area contributed by atoms with E-state index in [0.717, 1.165) is 6.07 Å². The van der Waals surface area contributed by atoms with E-state index in [9.17, 15) is 17.6 Å². The van der Waals surface area contributed by atoms with Gasteiger partial charge in [-0.1, -0.05) is 34.1 Å². The van der Waals surface area contributed by atoms with E-state index >= 15 is 0 Å². The molecule has 0 spiro atoms. The summed E-state index contributed by atoms with van der Waals surface area (Å²) in [5.74, 6) is -0.465. The first-order valence-corrected chi connectivity index (χ1v) is 6.34. The summed E-state index contributed by atoms with van der Waals surface area (Å²) in [6.07, 6.45) is -5.44. The Morgan fingerprint density at radius 1 is 1.24 bits per heavy atom. The van der Waals surface area contributed by atoms with Gasteiger partial charge in [0.05, 0.1) is 11.7 Å². The molecule has 0 N–H and O–H groups in total. The first-order chi connectivity index (χ1) is 7.86. The van der Waals surface area contributed by atoms with Crippen molar-refractivity contribution in [3.63, 3.8) is 0 Å². The second-order valence-corrected chi connectivity index (χ2v) is 4.60. The van der Waals surface area contributed by atoms with Gasteiger partial charge < -0.3 is 0 Å². The van der Waals surface area contributed by atoms with Crippen LogP contribution in [0.15, 0.2) is 24.3 Å². The summed E-state index contributed by atoms with van der Waals surface area (Å²) in [5, 5.41) is 0.314. The highest BCUT2D eigenvalue weighted by molar-refractivity contribution is 9.09. The molecule has 0 heterocycles. The number of alkyl halides is 5. The van der Waals surface area contributed by atoms with E-state index in [4.69, 9.17) is 0 Å². The van der Waals surface area contributed by atoms with E-state index in [0.29, 0.717) is 5.33 Å². The normalized spacial score (nSPS) is 15.6. The Balaban J connectivity index is 3.11. The lowest BCUT2D eigenvalue weighted by atomic mass is 9.91. The molecule has 0 radical (unpaired) electrons. The standard InChI is InChI=1S/C12H13BrF4/c1-8(14)6-9(7-13)10-4-2-3-5-11(10)12(15,16)17/h2-5,8-9H,6-7H2,1H3. The van der Waals surface area contributed by atoms with Crippen molar-refractivity contribution in [3.05, 3.63) is 35.4 Å². The van der Waals surface area contributed by atoms with E-state index < -0.39 is 23.8 Å². The Bertz CT molecular complexity index is 360. The van der Waals surface area contributed by atoms with Gasteiger partial charge >= 0.3 is 6.18 Å². The minimum Gasteiger partial charge on any atom is -0.248 e. The third-order valence-corrected chi connectivity index (χ3v) is 3.28. The molecular weight excluding hydrogens is 300 g/mol. The fourth-order valence-corrected chi connectivity index (χ4v) is 2.39. The fourth-order valence-electron chi connectivity index (χ4n) is 1.78. The third kappa shape index (κ3) is 3.98. The number of halogens is 5. The van der Waals surface area contributed by atoms with Crippen LogP contribution in [0.1, 0.15) is 30.4 Å². The first kappa shape index (κ1) is 14.5. The number of hydrogen-bond acceptors (Lipinski definition) is 0. The van der Waals surface area contributed by atoms with Gasteiger partial charge in [-0.15, -0.1) is 0 Å². The molecule has 0 nitrogen and oxygen atoms in total. The summed E-state index contributed by atoms with van der Waals surface area (Å²) in [6, 6.07) is 5.34. The number of benzene rings is 1. The molecule has 1 aromatic rings. The smallest absolute Gasteiger partial charge is 0.248 e. The molecule has 0 aliphatic carbocycles. The minimum atomic E-state index is -4.39. The maximum Gasteiger partial charge on any atom is 0.416 e. The second kappa shape index (κ2) is 5.85. The molecular formula is C12H13BrF4. The van der Waals surface area contributed by atoms with Crippen molar-refractivity contribution in [2.45, 2.75) is 31.6 Å². The second-order valence-electron chi connectivity index (χ2n) is 3.95. The van der Waals surface area contributed by atoms with Crippen molar-refractivity contribution < 1.29 is 17.6 Å². The van der Waals surface area contributed by atoms with Crippen molar-refractivity contribution in [3.8, 4) is 0 Å². The Morgan fingerprint density at radius 3 is 2.29 bits per heavy atom. The fraction of sp³-hybridized carbons (Fsp3) is 0.500. The van der Waals surface area contributed by atoms with Crippen LogP contribution in [-0.4, -0.2) is 11.5 Å². The van der Waals surface area contributed by atoms with E-state index in [1.807, 2.05) is 0 Å². The maximum absolute atomic E-state index is 13.0. The highest BCUT2D eigenvalue weighted by Gasteiger charge is 2.34. The van der Waals surface area contributed by atoms with Crippen molar-refractivity contribution in [2.75, 3.05) is 5.33 Å². The monoisotopic (exact) mass is 312 g/mol. The highest BCUT2D eigenvalue weighted by Crippen LogP contribution is 2.37. The highest BCUT2D eigenvalue weighted by atomic mass is 79.9. The van der Waals surface area contributed by atoms with Crippen LogP contribution in [0.2, 0.25) is 0 Å². The van der Waals surface area contributed by atoms with Gasteiger partial charge in [-0.25, -0.2) is 4.39 Å². The average Bonchev–Trinajstić information content (AvgIpc) is 2.24. The summed E-state index contributed by atoms with van der Waals surface area (Å²) < 4.78 is 51.3. The van der Waals surface area contributed by atoms with Gasteiger partial charge in [-0.3, -0.25) is 0 Å². The molecule has 0 aliphatic rings. The Labute approximate surface area is 106 Å². The van der Waals surface area contributed by atoms with Crippen LogP contribution in [-0.2, 0) is 6.18 Å². The molecule has 17 heavy (non-hydrogen) atoms. The Hall–Kier alpha value is -0.580. The molecule has 1 rings (SSSR count). The van der Waals surface area contributed by atoms with Gasteiger partial charge in [0, 0.05) is 5.33 Å². The number of hydrogen-bond donors (Lipinski definition) is 0. The summed E-state index contributed by atoms with van der Waals surface area (Å²) >= 11 is 3.15. The maximum atomic E-state index is 13.0. The lowest BCUT2D eigenvalue weighted by molar-refractivity contribution is -0.138. The van der Waals surface area contributed by atoms with Crippen LogP contribution < -0.4 is 0 Å². The van der Waals surface area contributed by atoms with Gasteiger partial charge in [0.2, 0.25) is 0 Å². The molecule has 0 aliphatic heterocycles. The van der Waals surface area contributed by atoms with Gasteiger partial charge in [0.15, 0.2) is 0 Å². The van der Waals surface area contributed by atoms with E-state index in [1.54, 1.807) is 6.07 Å². The van der Waals surface area contributed by atoms with Crippen molar-refractivity contribution >= 4 is 15.9 Å². The van der Waals surface area contributed by atoms with Crippen molar-refractivity contribution in [2.24, 2.45) is 0 Å². The molecule has 2 unspecified atom stereocenters. The van der Waals surface area contributed by atoms with Crippen LogP contribution in [0.5, 0.6) is 0 Å². The van der Waals surface area contributed by atoms with E-state index in [-0.39, 0.29) is 12.0 Å². The molecule has 0 fully saturated rings. The third-order valence-electron chi connectivity index (χ3n) is 2.50. The van der Waals surface area contributed by atoms with Gasteiger partial charge in [-0.05, 0) is 30.9 Å². The predicted molar refractivity (Wildman–Crippen MR) is 63.2 cm³/mol. The molecule has 0 aromatic heterocycles. The van der Waals surface area contributed by atoms with Crippen molar-refractivity contribution in [1.29, 1.82) is 0 Å². The summed E-state index contributed by atoms with van der Waals surface area (Å²) in [7, 11) is 0. The lowest BCUT2D eigenvalue weighted by Gasteiger charge is -2.20. The first-order valence-electron chi connectivity index (χ1n) is 5.22. The SMILES string of the molecule is CC(F)CC(CBr)c1ccccc1C(F)(F)F. The van der Waals surface area contributed by atoms with Crippen LogP contribution in [0.25, 0.3) is 0 Å². The molecule has 0 saturated carbocycles. The Kier molecular flexibility index (Phi) is 4.98. The van der Waals surface area contributed by atoms with Crippen LogP contribution >= 0.6 is 15.9 Å². The van der Waals surface area contributed by atoms with Gasteiger partial charge in [0.25, 0.3) is 0 Å². The lowest BCUT2D eigenvalue weighted by Crippen LogP contribution is -2.15. The molecule has 0 amide bonds. The molecule has 5 heteroatoms. The van der Waals surface area contributed by atoms with Crippen LogP contribution in [0, 0.1) is 0 Å². The van der Waals surface area contributed by atoms with Gasteiger partial charge in [0.1, 0.15) is 0 Å². The molecule has 0 saturated heterocycles. The van der Waals surface area contributed by atoms with E-state index in [1.165, 1.54) is 19.1 Å². The topological polar surface area (TPSA) is 0 Å². The molecule has 1 aromatic carbocycles. The van der Waals surface area contributed by atoms with Crippen molar-refractivity contribution in [1.82, 2.24) is 0 Å². The largest absolute Gasteiger partial charge is 0.416 e. The zero-order valence-electron chi connectivity index (χ0n) is 9.27. The summed E-state index contributed by atoms with van der Waals surface area (Å²) in [6.45, 7) is 1.35. The Morgan fingerprint density at radius 2 is 1.82 bits per heavy atom. The van der Waals surface area contributed by atoms with E-state index in [2.05, 4.69) is 15.9 Å². The molecule has 0 bridgehead atoms. The number of rotatable bonds is 4. The zero-order valence-corrected chi connectivity index (χ0v) is 10.9. The summed E-state index contributed by atoms with van der Waals surface area (Å²) in [4.78, 5) is 0. The molecule has 96 valence electrons. The zero-order chi connectivity index (χ0) is 13.1. The molecule has 2 atom stereocenters. The quantitative estimate of drug-likeness (QED) is 0.546. The van der Waals surface area contributed by atoms with Gasteiger partial charge in [-0.2, -0.15) is 13.2 Å². The minimum absolute atomic E-state index is 0.0817. The van der Waals surface area contributed by atoms with Crippen LogP contribution in [0.4, 0.5) is 17.6 Å². The average molecular weight is 313 g/mol. The predicted octanol–water partition coefficient (Wildman–Crippen LogP) is 4.93. The van der Waals surface area contributed by atoms with Crippen LogP contribution in [0.3, 0.4) is 0 Å². The summed E-state index contributed by atoms with van der Waals surface area (Å²) in [5.41, 5.74) is -0.522.